The van der Waals surface area contributed by atoms with Crippen LogP contribution in [0.5, 0.6) is 0 Å². The third-order valence-electron chi connectivity index (χ3n) is 3.07. The molecule has 1 aliphatic heterocycles. The number of anilines is 1. The van der Waals surface area contributed by atoms with Crippen molar-refractivity contribution in [1.29, 1.82) is 0 Å². The van der Waals surface area contributed by atoms with E-state index >= 15 is 0 Å². The standard InChI is InChI=1S/C13H13F3N2O/c1-6(2)12-7(3)17-18(13(12)19)11-5-9(15)8(14)4-10(11)16/h4-6,12H,1-3H3. The van der Waals surface area contributed by atoms with E-state index in [1.807, 2.05) is 13.8 Å². The highest BCUT2D eigenvalue weighted by molar-refractivity contribution is 6.14. The van der Waals surface area contributed by atoms with Gasteiger partial charge in [0.1, 0.15) is 5.69 Å². The van der Waals surface area contributed by atoms with Crippen LogP contribution in [0.3, 0.4) is 0 Å². The van der Waals surface area contributed by atoms with Crippen LogP contribution in [0.25, 0.3) is 0 Å². The van der Waals surface area contributed by atoms with Crippen LogP contribution >= 0.6 is 0 Å². The molecule has 0 bridgehead atoms. The first-order chi connectivity index (χ1) is 8.82. The first-order valence-corrected chi connectivity index (χ1v) is 5.86. The number of halogens is 3. The molecule has 1 heterocycles. The second-order valence-corrected chi connectivity index (χ2v) is 4.83. The molecule has 0 N–H and O–H groups in total. The molecule has 6 heteroatoms. The Kier molecular flexibility index (Phi) is 3.34. The van der Waals surface area contributed by atoms with Gasteiger partial charge >= 0.3 is 0 Å². The van der Waals surface area contributed by atoms with Gasteiger partial charge in [-0.25, -0.2) is 13.2 Å². The minimum atomic E-state index is -1.30. The largest absolute Gasteiger partial charge is 0.272 e. The highest BCUT2D eigenvalue weighted by Gasteiger charge is 2.37. The van der Waals surface area contributed by atoms with Crippen molar-refractivity contribution in [3.63, 3.8) is 0 Å². The van der Waals surface area contributed by atoms with Gasteiger partial charge in [0.25, 0.3) is 5.91 Å². The van der Waals surface area contributed by atoms with Gasteiger partial charge in [0.15, 0.2) is 17.5 Å². The van der Waals surface area contributed by atoms with Crippen molar-refractivity contribution in [2.24, 2.45) is 16.9 Å². The Labute approximate surface area is 108 Å². The molecular weight excluding hydrogens is 257 g/mol. The monoisotopic (exact) mass is 270 g/mol. The highest BCUT2D eigenvalue weighted by atomic mass is 19.2. The van der Waals surface area contributed by atoms with Gasteiger partial charge in [0, 0.05) is 17.8 Å². The van der Waals surface area contributed by atoms with Gasteiger partial charge in [-0.3, -0.25) is 4.79 Å². The van der Waals surface area contributed by atoms with Crippen LogP contribution in [0.15, 0.2) is 17.2 Å². The predicted molar refractivity (Wildman–Crippen MR) is 65.2 cm³/mol. The molecule has 3 nitrogen and oxygen atoms in total. The first kappa shape index (κ1) is 13.6. The molecule has 1 aromatic carbocycles. The van der Waals surface area contributed by atoms with Crippen LogP contribution in [-0.4, -0.2) is 11.6 Å². The van der Waals surface area contributed by atoms with Gasteiger partial charge in [-0.05, 0) is 12.8 Å². The second-order valence-electron chi connectivity index (χ2n) is 4.83. The highest BCUT2D eigenvalue weighted by Crippen LogP contribution is 2.30. The van der Waals surface area contributed by atoms with Gasteiger partial charge in [0.05, 0.1) is 5.92 Å². The van der Waals surface area contributed by atoms with E-state index in [1.54, 1.807) is 6.92 Å². The van der Waals surface area contributed by atoms with E-state index in [2.05, 4.69) is 5.10 Å². The zero-order valence-corrected chi connectivity index (χ0v) is 10.7. The van der Waals surface area contributed by atoms with E-state index in [0.717, 1.165) is 5.01 Å². The van der Waals surface area contributed by atoms with E-state index in [4.69, 9.17) is 0 Å². The van der Waals surface area contributed by atoms with Crippen molar-refractivity contribution >= 4 is 17.3 Å². The Morgan fingerprint density at radius 3 is 2.26 bits per heavy atom. The van der Waals surface area contributed by atoms with E-state index in [-0.39, 0.29) is 11.6 Å². The predicted octanol–water partition coefficient (Wildman–Crippen LogP) is 3.10. The number of rotatable bonds is 2. The van der Waals surface area contributed by atoms with Crippen LogP contribution in [0.1, 0.15) is 20.8 Å². The molecular formula is C13H13F3N2O. The number of hydrazone groups is 1. The number of carbonyl (C=O) groups excluding carboxylic acids is 1. The second kappa shape index (κ2) is 4.68. The molecule has 0 aliphatic carbocycles. The minimum absolute atomic E-state index is 0.00499. The summed E-state index contributed by atoms with van der Waals surface area (Å²) in [6.45, 7) is 5.33. The van der Waals surface area contributed by atoms with Crippen molar-refractivity contribution < 1.29 is 18.0 Å². The molecule has 0 fully saturated rings. The SMILES string of the molecule is CC1=NN(c2cc(F)c(F)cc2F)C(=O)C1C(C)C. The number of nitrogens with zero attached hydrogens (tertiary/aromatic N) is 2. The van der Waals surface area contributed by atoms with E-state index < -0.39 is 29.3 Å². The number of benzene rings is 1. The fourth-order valence-electron chi connectivity index (χ4n) is 2.19. The van der Waals surface area contributed by atoms with Crippen molar-refractivity contribution in [1.82, 2.24) is 0 Å². The quantitative estimate of drug-likeness (QED) is 0.760. The summed E-state index contributed by atoms with van der Waals surface area (Å²) in [6, 6.07) is 1.05. The lowest BCUT2D eigenvalue weighted by atomic mass is 9.92. The van der Waals surface area contributed by atoms with Crippen molar-refractivity contribution in [2.45, 2.75) is 20.8 Å². The Morgan fingerprint density at radius 2 is 1.74 bits per heavy atom. The van der Waals surface area contributed by atoms with E-state index in [9.17, 15) is 18.0 Å². The summed E-state index contributed by atoms with van der Waals surface area (Å²) in [5, 5.41) is 4.75. The molecule has 0 saturated heterocycles. The molecule has 1 unspecified atom stereocenters. The van der Waals surface area contributed by atoms with Crippen LogP contribution in [-0.2, 0) is 4.79 Å². The molecule has 0 spiro atoms. The molecule has 102 valence electrons. The van der Waals surface area contributed by atoms with Crippen molar-refractivity contribution in [2.75, 3.05) is 5.01 Å². The molecule has 1 aromatic rings. The zero-order valence-electron chi connectivity index (χ0n) is 10.7. The lowest BCUT2D eigenvalue weighted by Crippen LogP contribution is -2.30. The van der Waals surface area contributed by atoms with Crippen LogP contribution in [0.4, 0.5) is 18.9 Å². The summed E-state index contributed by atoms with van der Waals surface area (Å²) < 4.78 is 39.7. The van der Waals surface area contributed by atoms with Gasteiger partial charge in [0.2, 0.25) is 0 Å². The summed E-state index contributed by atoms with van der Waals surface area (Å²) in [6.07, 6.45) is 0. The van der Waals surface area contributed by atoms with Gasteiger partial charge in [-0.1, -0.05) is 13.8 Å². The van der Waals surface area contributed by atoms with Crippen LogP contribution in [0, 0.1) is 29.3 Å². The molecule has 19 heavy (non-hydrogen) atoms. The van der Waals surface area contributed by atoms with Gasteiger partial charge in [-0.15, -0.1) is 0 Å². The molecule has 1 amide bonds. The maximum absolute atomic E-state index is 13.6. The Morgan fingerprint density at radius 1 is 1.16 bits per heavy atom. The smallest absolute Gasteiger partial charge is 0.256 e. The Balaban J connectivity index is 2.45. The minimum Gasteiger partial charge on any atom is -0.272 e. The number of carbonyl (C=O) groups is 1. The average Bonchev–Trinajstić information content (AvgIpc) is 2.59. The third kappa shape index (κ3) is 2.22. The Hall–Kier alpha value is -1.85. The van der Waals surface area contributed by atoms with E-state index in [1.165, 1.54) is 0 Å². The molecule has 1 aliphatic rings. The summed E-state index contributed by atoms with van der Waals surface area (Å²) in [7, 11) is 0. The van der Waals surface area contributed by atoms with Crippen LogP contribution < -0.4 is 5.01 Å². The third-order valence-corrected chi connectivity index (χ3v) is 3.07. The fourth-order valence-corrected chi connectivity index (χ4v) is 2.19. The van der Waals surface area contributed by atoms with Crippen LogP contribution in [0.2, 0.25) is 0 Å². The molecule has 2 rings (SSSR count). The van der Waals surface area contributed by atoms with Crippen molar-refractivity contribution in [3.8, 4) is 0 Å². The molecule has 0 saturated carbocycles. The zero-order chi connectivity index (χ0) is 14.3. The number of hydrogen-bond acceptors (Lipinski definition) is 2. The number of amides is 1. The van der Waals surface area contributed by atoms with Crippen molar-refractivity contribution in [3.05, 3.63) is 29.6 Å². The Bertz CT molecular complexity index is 569. The summed E-state index contributed by atoms with van der Waals surface area (Å²) in [5.41, 5.74) is 0.163. The van der Waals surface area contributed by atoms with E-state index in [0.29, 0.717) is 17.8 Å². The van der Waals surface area contributed by atoms with Gasteiger partial charge < -0.3 is 0 Å². The maximum atomic E-state index is 13.6. The van der Waals surface area contributed by atoms with Gasteiger partial charge in [-0.2, -0.15) is 10.1 Å². The summed E-state index contributed by atoms with van der Waals surface area (Å²) in [5.74, 6) is -4.44. The molecule has 0 aromatic heterocycles. The molecule has 0 radical (unpaired) electrons. The lowest BCUT2D eigenvalue weighted by Gasteiger charge is -2.17. The first-order valence-electron chi connectivity index (χ1n) is 5.86. The fraction of sp³-hybridized carbons (Fsp3) is 0.385. The summed E-state index contributed by atoms with van der Waals surface area (Å²) in [4.78, 5) is 12.1. The normalized spacial score (nSPS) is 19.3. The summed E-state index contributed by atoms with van der Waals surface area (Å²) >= 11 is 0. The average molecular weight is 270 g/mol. The number of hydrogen-bond donors (Lipinski definition) is 0. The molecule has 1 atom stereocenters. The topological polar surface area (TPSA) is 32.7 Å². The maximum Gasteiger partial charge on any atom is 0.256 e. The lowest BCUT2D eigenvalue weighted by molar-refractivity contribution is -0.120.